The normalized spacial score (nSPS) is 10.5. The smallest absolute Gasteiger partial charge is 0.307 e. The SMILES string of the molecule is COC(=O)CCNc1cnn(C(C)C)c(=O)c1Cl. The number of nitrogens with one attached hydrogen (secondary N) is 1. The van der Waals surface area contributed by atoms with Crippen molar-refractivity contribution < 1.29 is 9.53 Å². The molecule has 0 atom stereocenters. The van der Waals surface area contributed by atoms with Crippen LogP contribution in [0, 0.1) is 0 Å². The van der Waals surface area contributed by atoms with E-state index in [0.29, 0.717) is 12.2 Å². The molecule has 0 aliphatic carbocycles. The molecule has 1 aromatic heterocycles. The van der Waals surface area contributed by atoms with Crippen molar-refractivity contribution >= 4 is 23.3 Å². The highest BCUT2D eigenvalue weighted by Gasteiger charge is 2.11. The highest BCUT2D eigenvalue weighted by molar-refractivity contribution is 6.32. The van der Waals surface area contributed by atoms with Gasteiger partial charge in [-0.1, -0.05) is 11.6 Å². The quantitative estimate of drug-likeness (QED) is 0.822. The zero-order valence-electron chi connectivity index (χ0n) is 10.6. The molecule has 6 nitrogen and oxygen atoms in total. The summed E-state index contributed by atoms with van der Waals surface area (Å²) in [7, 11) is 1.32. The molecular weight excluding hydrogens is 258 g/mol. The van der Waals surface area contributed by atoms with Gasteiger partial charge in [-0.3, -0.25) is 9.59 Å². The molecule has 0 saturated carbocycles. The van der Waals surface area contributed by atoms with Gasteiger partial charge in [0.25, 0.3) is 5.56 Å². The second-order valence-corrected chi connectivity index (χ2v) is 4.35. The predicted octanol–water partition coefficient (Wildman–Crippen LogP) is 1.45. The minimum Gasteiger partial charge on any atom is -0.469 e. The van der Waals surface area contributed by atoms with Gasteiger partial charge < -0.3 is 10.1 Å². The highest BCUT2D eigenvalue weighted by atomic mass is 35.5. The van der Waals surface area contributed by atoms with Crippen LogP contribution in [0.3, 0.4) is 0 Å². The van der Waals surface area contributed by atoms with Gasteiger partial charge in [0.1, 0.15) is 5.02 Å². The van der Waals surface area contributed by atoms with Gasteiger partial charge in [0.05, 0.1) is 31.5 Å². The number of nitrogens with zero attached hydrogens (tertiary/aromatic N) is 2. The summed E-state index contributed by atoms with van der Waals surface area (Å²) in [6.07, 6.45) is 1.67. The molecule has 0 unspecified atom stereocenters. The first-order chi connectivity index (χ1) is 8.47. The summed E-state index contributed by atoms with van der Waals surface area (Å²) >= 11 is 5.94. The molecule has 0 aliphatic heterocycles. The lowest BCUT2D eigenvalue weighted by molar-refractivity contribution is -0.140. The molecule has 0 bridgehead atoms. The first-order valence-corrected chi connectivity index (χ1v) is 5.93. The van der Waals surface area contributed by atoms with Gasteiger partial charge in [-0.25, -0.2) is 4.68 Å². The number of anilines is 1. The van der Waals surface area contributed by atoms with Crippen LogP contribution >= 0.6 is 11.6 Å². The third-order valence-electron chi connectivity index (χ3n) is 2.30. The standard InChI is InChI=1S/C11H16ClN3O3/c1-7(2)15-11(17)10(12)8(6-14-15)13-5-4-9(16)18-3/h6-7,13H,4-5H2,1-3H3. The van der Waals surface area contributed by atoms with E-state index in [2.05, 4.69) is 15.2 Å². The van der Waals surface area contributed by atoms with Crippen molar-refractivity contribution in [1.82, 2.24) is 9.78 Å². The summed E-state index contributed by atoms with van der Waals surface area (Å²) in [5, 5.41) is 6.95. The fourth-order valence-electron chi connectivity index (χ4n) is 1.34. The summed E-state index contributed by atoms with van der Waals surface area (Å²) < 4.78 is 5.80. The number of methoxy groups -OCH3 is 1. The van der Waals surface area contributed by atoms with Crippen molar-refractivity contribution in [3.8, 4) is 0 Å². The average Bonchev–Trinajstić information content (AvgIpc) is 2.33. The third-order valence-corrected chi connectivity index (χ3v) is 2.67. The average molecular weight is 274 g/mol. The van der Waals surface area contributed by atoms with E-state index in [1.54, 1.807) is 0 Å². The van der Waals surface area contributed by atoms with Gasteiger partial charge in [0.15, 0.2) is 0 Å². The highest BCUT2D eigenvalue weighted by Crippen LogP contribution is 2.16. The molecule has 1 heterocycles. The van der Waals surface area contributed by atoms with Crippen molar-refractivity contribution in [3.05, 3.63) is 21.6 Å². The largest absolute Gasteiger partial charge is 0.469 e. The summed E-state index contributed by atoms with van der Waals surface area (Å²) in [6, 6.07) is -0.0564. The van der Waals surface area contributed by atoms with E-state index < -0.39 is 0 Å². The molecule has 7 heteroatoms. The Morgan fingerprint density at radius 2 is 2.28 bits per heavy atom. The zero-order chi connectivity index (χ0) is 13.7. The molecule has 0 aromatic carbocycles. The van der Waals surface area contributed by atoms with Crippen LogP contribution in [0.1, 0.15) is 26.3 Å². The molecule has 1 N–H and O–H groups in total. The number of esters is 1. The number of hydrogen-bond donors (Lipinski definition) is 1. The van der Waals surface area contributed by atoms with E-state index in [1.807, 2.05) is 13.8 Å². The summed E-state index contributed by atoms with van der Waals surface area (Å²) in [5.41, 5.74) is 0.0669. The summed E-state index contributed by atoms with van der Waals surface area (Å²) in [6.45, 7) is 4.02. The molecule has 0 radical (unpaired) electrons. The molecule has 0 amide bonds. The zero-order valence-corrected chi connectivity index (χ0v) is 11.3. The van der Waals surface area contributed by atoms with Gasteiger partial charge >= 0.3 is 5.97 Å². The van der Waals surface area contributed by atoms with E-state index in [0.717, 1.165) is 0 Å². The van der Waals surface area contributed by atoms with Crippen molar-refractivity contribution in [3.63, 3.8) is 0 Å². The van der Waals surface area contributed by atoms with Gasteiger partial charge in [-0.05, 0) is 13.8 Å². The monoisotopic (exact) mass is 273 g/mol. The van der Waals surface area contributed by atoms with Crippen LogP contribution in [-0.2, 0) is 9.53 Å². The molecule has 1 aromatic rings. The Labute approximate surface area is 110 Å². The van der Waals surface area contributed by atoms with Gasteiger partial charge in [-0.2, -0.15) is 5.10 Å². The van der Waals surface area contributed by atoms with Crippen molar-refractivity contribution in [1.29, 1.82) is 0 Å². The van der Waals surface area contributed by atoms with Crippen molar-refractivity contribution in [2.24, 2.45) is 0 Å². The van der Waals surface area contributed by atoms with Gasteiger partial charge in [-0.15, -0.1) is 0 Å². The van der Waals surface area contributed by atoms with Crippen LogP contribution in [0.25, 0.3) is 0 Å². The molecular formula is C11H16ClN3O3. The Hall–Kier alpha value is -1.56. The second-order valence-electron chi connectivity index (χ2n) is 3.97. The number of aromatic nitrogens is 2. The topological polar surface area (TPSA) is 73.2 Å². The lowest BCUT2D eigenvalue weighted by Gasteiger charge is -2.11. The Morgan fingerprint density at radius 1 is 1.61 bits per heavy atom. The molecule has 0 fully saturated rings. The second kappa shape index (κ2) is 6.39. The number of ether oxygens (including phenoxy) is 1. The lowest BCUT2D eigenvalue weighted by atomic mass is 10.3. The van der Waals surface area contributed by atoms with Crippen LogP contribution < -0.4 is 10.9 Å². The lowest BCUT2D eigenvalue weighted by Crippen LogP contribution is -2.26. The predicted molar refractivity (Wildman–Crippen MR) is 69.0 cm³/mol. The van der Waals surface area contributed by atoms with Crippen LogP contribution in [-0.4, -0.2) is 29.4 Å². The van der Waals surface area contributed by atoms with Crippen LogP contribution in [0.4, 0.5) is 5.69 Å². The minimum atomic E-state index is -0.352. The van der Waals surface area contributed by atoms with E-state index in [4.69, 9.17) is 11.6 Å². The first-order valence-electron chi connectivity index (χ1n) is 5.55. The summed E-state index contributed by atoms with van der Waals surface area (Å²) in [4.78, 5) is 22.7. The minimum absolute atomic E-state index is 0.0564. The maximum Gasteiger partial charge on any atom is 0.307 e. The Bertz CT molecular complexity index is 485. The van der Waals surface area contributed by atoms with Crippen LogP contribution in [0.2, 0.25) is 5.02 Å². The number of carbonyl (C=O) groups is 1. The van der Waals surface area contributed by atoms with E-state index in [9.17, 15) is 9.59 Å². The molecule has 18 heavy (non-hydrogen) atoms. The fraction of sp³-hybridized carbons (Fsp3) is 0.545. The third kappa shape index (κ3) is 3.46. The van der Waals surface area contributed by atoms with Crippen molar-refractivity contribution in [2.75, 3.05) is 19.0 Å². The van der Waals surface area contributed by atoms with Crippen LogP contribution in [0.15, 0.2) is 11.0 Å². The van der Waals surface area contributed by atoms with Crippen LogP contribution in [0.5, 0.6) is 0 Å². The number of rotatable bonds is 5. The van der Waals surface area contributed by atoms with E-state index >= 15 is 0 Å². The maximum absolute atomic E-state index is 11.8. The van der Waals surface area contributed by atoms with E-state index in [1.165, 1.54) is 18.0 Å². The van der Waals surface area contributed by atoms with Gasteiger partial charge in [0, 0.05) is 6.54 Å². The maximum atomic E-state index is 11.8. The van der Waals surface area contributed by atoms with E-state index in [-0.39, 0.29) is 29.0 Å². The van der Waals surface area contributed by atoms with Crippen molar-refractivity contribution in [2.45, 2.75) is 26.3 Å². The number of hydrogen-bond acceptors (Lipinski definition) is 5. The Balaban J connectivity index is 2.77. The first kappa shape index (κ1) is 14.5. The molecule has 0 aliphatic rings. The molecule has 0 spiro atoms. The number of carbonyl (C=O) groups excluding carboxylic acids is 1. The molecule has 0 saturated heterocycles. The number of halogens is 1. The summed E-state index contributed by atoms with van der Waals surface area (Å²) in [5.74, 6) is -0.331. The Kier molecular flexibility index (Phi) is 5.15. The molecule has 1 rings (SSSR count). The Morgan fingerprint density at radius 3 is 2.83 bits per heavy atom. The molecule has 100 valence electrons. The fourth-order valence-corrected chi connectivity index (χ4v) is 1.54. The van der Waals surface area contributed by atoms with Gasteiger partial charge in [0.2, 0.25) is 0 Å².